The summed E-state index contributed by atoms with van der Waals surface area (Å²) in [5.74, 6) is -0.314. The van der Waals surface area contributed by atoms with Gasteiger partial charge in [0.1, 0.15) is 11.5 Å². The fraction of sp³-hybridized carbons (Fsp3) is 0.364. The van der Waals surface area contributed by atoms with Crippen LogP contribution in [0.1, 0.15) is 38.7 Å². The molecule has 3 unspecified atom stereocenters. The number of rotatable bonds is 3. The van der Waals surface area contributed by atoms with E-state index in [2.05, 4.69) is 6.58 Å². The van der Waals surface area contributed by atoms with Gasteiger partial charge in [0.05, 0.1) is 12.5 Å². The van der Waals surface area contributed by atoms with E-state index in [9.17, 15) is 14.7 Å². The monoisotopic (exact) mass is 352 g/mol. The first-order valence-corrected chi connectivity index (χ1v) is 8.73. The van der Waals surface area contributed by atoms with Crippen LogP contribution in [0.4, 0.5) is 0 Å². The van der Waals surface area contributed by atoms with Crippen molar-refractivity contribution in [2.75, 3.05) is 7.11 Å². The molecule has 0 fully saturated rings. The van der Waals surface area contributed by atoms with Crippen molar-refractivity contribution < 1.29 is 19.4 Å². The first kappa shape index (κ1) is 18.2. The van der Waals surface area contributed by atoms with Gasteiger partial charge in [-0.3, -0.25) is 9.59 Å². The summed E-state index contributed by atoms with van der Waals surface area (Å²) in [6, 6.07) is 5.06. The highest BCUT2D eigenvalue weighted by molar-refractivity contribution is 6.15. The first-order chi connectivity index (χ1) is 12.3. The lowest BCUT2D eigenvalue weighted by atomic mass is 9.52. The smallest absolute Gasteiger partial charge is 0.166 e. The van der Waals surface area contributed by atoms with E-state index in [1.807, 2.05) is 13.0 Å². The Kier molecular flexibility index (Phi) is 4.39. The van der Waals surface area contributed by atoms with Gasteiger partial charge in [0.25, 0.3) is 0 Å². The average Bonchev–Trinajstić information content (AvgIpc) is 2.64. The topological polar surface area (TPSA) is 63.6 Å². The number of phenolic OH excluding ortho intramolecular Hbond substituents is 1. The predicted molar refractivity (Wildman–Crippen MR) is 100 cm³/mol. The summed E-state index contributed by atoms with van der Waals surface area (Å²) >= 11 is 0. The van der Waals surface area contributed by atoms with Crippen molar-refractivity contribution in [1.29, 1.82) is 0 Å². The molecule has 2 aliphatic rings. The van der Waals surface area contributed by atoms with Gasteiger partial charge in [-0.15, -0.1) is 0 Å². The fourth-order valence-electron chi connectivity index (χ4n) is 4.45. The lowest BCUT2D eigenvalue weighted by molar-refractivity contribution is -0.138. The number of phenols is 1. The van der Waals surface area contributed by atoms with Gasteiger partial charge >= 0.3 is 0 Å². The third-order valence-corrected chi connectivity index (χ3v) is 6.11. The Bertz CT molecular complexity index is 874. The van der Waals surface area contributed by atoms with E-state index in [0.29, 0.717) is 28.9 Å². The van der Waals surface area contributed by atoms with E-state index in [-0.39, 0.29) is 17.3 Å². The van der Waals surface area contributed by atoms with Crippen molar-refractivity contribution >= 4 is 11.6 Å². The Morgan fingerprint density at radius 2 is 1.96 bits per heavy atom. The van der Waals surface area contributed by atoms with Gasteiger partial charge in [-0.05, 0) is 43.1 Å². The molecule has 3 rings (SSSR count). The SMILES string of the molecule is C=CC1=CCC2C(=O)C(C)=C(C)C(=O)C2(C)C1c1ccc(OC)cc1O. The van der Waals surface area contributed by atoms with Gasteiger partial charge in [0.2, 0.25) is 0 Å². The largest absolute Gasteiger partial charge is 0.508 e. The van der Waals surface area contributed by atoms with Crippen LogP contribution in [0, 0.1) is 11.3 Å². The van der Waals surface area contributed by atoms with Crippen LogP contribution in [0.3, 0.4) is 0 Å². The number of hydrogen-bond donors (Lipinski definition) is 1. The number of carbonyl (C=O) groups is 2. The van der Waals surface area contributed by atoms with Crippen LogP contribution in [0.25, 0.3) is 0 Å². The summed E-state index contributed by atoms with van der Waals surface area (Å²) in [7, 11) is 1.53. The van der Waals surface area contributed by atoms with Crippen molar-refractivity contribution in [1.82, 2.24) is 0 Å². The number of ether oxygens (including phenoxy) is 1. The standard InChI is InChI=1S/C22H24O4/c1-6-14-7-10-17-20(24)12(2)13(3)21(25)22(17,4)19(14)16-9-8-15(26-5)11-18(16)23/h6-9,11,17,19,23H,1,10H2,2-5H3. The quantitative estimate of drug-likeness (QED) is 0.889. The van der Waals surface area contributed by atoms with Gasteiger partial charge < -0.3 is 9.84 Å². The van der Waals surface area contributed by atoms with Crippen LogP contribution in [0.15, 0.2) is 53.6 Å². The summed E-state index contributed by atoms with van der Waals surface area (Å²) in [5.41, 5.74) is 1.57. The van der Waals surface area contributed by atoms with Crippen LogP contribution < -0.4 is 4.74 Å². The average molecular weight is 352 g/mol. The second kappa shape index (κ2) is 6.27. The van der Waals surface area contributed by atoms with Gasteiger partial charge in [0, 0.05) is 23.5 Å². The van der Waals surface area contributed by atoms with Crippen molar-refractivity contribution in [3.63, 3.8) is 0 Å². The maximum atomic E-state index is 13.3. The molecule has 0 aliphatic heterocycles. The second-order valence-electron chi connectivity index (χ2n) is 7.28. The zero-order valence-corrected chi connectivity index (χ0v) is 15.6. The molecular weight excluding hydrogens is 328 g/mol. The van der Waals surface area contributed by atoms with E-state index in [1.54, 1.807) is 32.1 Å². The molecule has 0 radical (unpaired) electrons. The number of methoxy groups -OCH3 is 1. The molecule has 4 nitrogen and oxygen atoms in total. The Morgan fingerprint density at radius 1 is 1.27 bits per heavy atom. The summed E-state index contributed by atoms with van der Waals surface area (Å²) in [5, 5.41) is 10.6. The lowest BCUT2D eigenvalue weighted by Gasteiger charge is -2.48. The molecule has 0 heterocycles. The van der Waals surface area contributed by atoms with Crippen molar-refractivity contribution in [3.05, 3.63) is 59.2 Å². The highest BCUT2D eigenvalue weighted by atomic mass is 16.5. The number of aromatic hydroxyl groups is 1. The number of benzene rings is 1. The molecule has 0 saturated carbocycles. The molecule has 1 aromatic rings. The number of Topliss-reactive ketones (excluding diaryl/α,β-unsaturated/α-hetero) is 2. The zero-order chi connectivity index (χ0) is 19.2. The zero-order valence-electron chi connectivity index (χ0n) is 15.6. The molecule has 0 aromatic heterocycles. The van der Waals surface area contributed by atoms with E-state index in [0.717, 1.165) is 5.57 Å². The minimum atomic E-state index is -0.953. The predicted octanol–water partition coefficient (Wildman–Crippen LogP) is 4.11. The molecule has 0 saturated heterocycles. The summed E-state index contributed by atoms with van der Waals surface area (Å²) in [4.78, 5) is 26.3. The molecule has 3 atom stereocenters. The van der Waals surface area contributed by atoms with E-state index >= 15 is 0 Å². The van der Waals surface area contributed by atoms with Crippen molar-refractivity contribution in [2.24, 2.45) is 11.3 Å². The Morgan fingerprint density at radius 3 is 2.54 bits per heavy atom. The van der Waals surface area contributed by atoms with Crippen LogP contribution in [-0.2, 0) is 9.59 Å². The van der Waals surface area contributed by atoms with E-state index in [1.165, 1.54) is 13.2 Å². The van der Waals surface area contributed by atoms with Gasteiger partial charge in [0.15, 0.2) is 11.6 Å². The molecule has 26 heavy (non-hydrogen) atoms. The third kappa shape index (κ3) is 2.36. The number of ketones is 2. The second-order valence-corrected chi connectivity index (χ2v) is 7.28. The van der Waals surface area contributed by atoms with Gasteiger partial charge in [-0.2, -0.15) is 0 Å². The summed E-state index contributed by atoms with van der Waals surface area (Å²) < 4.78 is 5.17. The summed E-state index contributed by atoms with van der Waals surface area (Å²) in [6.07, 6.45) is 4.18. The number of allylic oxidation sites excluding steroid dienone is 5. The number of fused-ring (bicyclic) bond motifs is 1. The van der Waals surface area contributed by atoms with Crippen molar-refractivity contribution in [2.45, 2.75) is 33.1 Å². The fourth-order valence-corrected chi connectivity index (χ4v) is 4.45. The minimum absolute atomic E-state index is 0.0157. The molecule has 0 amide bonds. The van der Waals surface area contributed by atoms with Crippen molar-refractivity contribution in [3.8, 4) is 11.5 Å². The normalized spacial score (nSPS) is 28.5. The maximum Gasteiger partial charge on any atom is 0.166 e. The molecular formula is C22H24O4. The molecule has 2 aliphatic carbocycles. The van der Waals surface area contributed by atoms with E-state index in [4.69, 9.17) is 4.74 Å². The Hall–Kier alpha value is -2.62. The Labute approximate surface area is 153 Å². The molecule has 0 spiro atoms. The van der Waals surface area contributed by atoms with Crippen LogP contribution in [-0.4, -0.2) is 23.8 Å². The first-order valence-electron chi connectivity index (χ1n) is 8.73. The maximum absolute atomic E-state index is 13.3. The van der Waals surface area contributed by atoms with E-state index < -0.39 is 17.3 Å². The van der Waals surface area contributed by atoms with Crippen LogP contribution in [0.5, 0.6) is 11.5 Å². The Balaban J connectivity index is 2.26. The molecule has 4 heteroatoms. The third-order valence-electron chi connectivity index (χ3n) is 6.11. The molecule has 1 N–H and O–H groups in total. The summed E-state index contributed by atoms with van der Waals surface area (Å²) in [6.45, 7) is 9.17. The van der Waals surface area contributed by atoms with Gasteiger partial charge in [-0.1, -0.05) is 31.7 Å². The molecule has 136 valence electrons. The molecule has 0 bridgehead atoms. The van der Waals surface area contributed by atoms with Crippen LogP contribution >= 0.6 is 0 Å². The minimum Gasteiger partial charge on any atom is -0.508 e. The highest BCUT2D eigenvalue weighted by Crippen LogP contribution is 2.57. The molecule has 1 aromatic carbocycles. The van der Waals surface area contributed by atoms with Gasteiger partial charge in [-0.25, -0.2) is 0 Å². The lowest BCUT2D eigenvalue weighted by Crippen LogP contribution is -2.50. The highest BCUT2D eigenvalue weighted by Gasteiger charge is 2.56. The number of hydrogen-bond acceptors (Lipinski definition) is 4. The number of carbonyl (C=O) groups excluding carboxylic acids is 2. The van der Waals surface area contributed by atoms with Crippen LogP contribution in [0.2, 0.25) is 0 Å².